The molecule has 0 saturated heterocycles. The second-order valence-electron chi connectivity index (χ2n) is 2.74. The Balaban J connectivity index is 4.47. The first-order chi connectivity index (χ1) is 5.54. The average molecular weight is 284 g/mol. The number of methoxy groups -OCH3 is 1. The topological polar surface area (TPSA) is 46.5 Å². The normalized spacial score (nSPS) is 14.7. The second kappa shape index (κ2) is 5.53. The number of halogens is 1. The molecule has 0 aliphatic rings. The summed E-state index contributed by atoms with van der Waals surface area (Å²) in [4.78, 5) is 11.0. The van der Waals surface area contributed by atoms with Crippen molar-refractivity contribution in [3.63, 3.8) is 0 Å². The van der Waals surface area contributed by atoms with Gasteiger partial charge in [-0.05, 0) is 10.0 Å². The van der Waals surface area contributed by atoms with Gasteiger partial charge in [0.05, 0.1) is 18.8 Å². The van der Waals surface area contributed by atoms with Gasteiger partial charge in [-0.2, -0.15) is 0 Å². The zero-order valence-corrected chi connectivity index (χ0v) is 9.53. The minimum atomic E-state index is -0.741. The van der Waals surface area contributed by atoms with Crippen molar-refractivity contribution in [2.24, 2.45) is 5.92 Å². The Morgan fingerprint density at radius 3 is 2.33 bits per heavy atom. The number of rotatable bonds is 3. The summed E-state index contributed by atoms with van der Waals surface area (Å²) in [6, 6.07) is 0. The molecule has 0 aromatic rings. The van der Waals surface area contributed by atoms with Gasteiger partial charge < -0.3 is 9.84 Å². The maximum atomic E-state index is 11.0. The van der Waals surface area contributed by atoms with Gasteiger partial charge in [0.1, 0.15) is 0 Å². The van der Waals surface area contributed by atoms with Crippen molar-refractivity contribution in [2.45, 2.75) is 20.0 Å². The number of carbonyl (C=O) groups is 1. The van der Waals surface area contributed by atoms with Crippen LogP contribution in [0.4, 0.5) is 0 Å². The molecule has 0 saturated carbocycles. The lowest BCUT2D eigenvalue weighted by atomic mass is 10.0. The van der Waals surface area contributed by atoms with Crippen LogP contribution in [-0.2, 0) is 9.53 Å². The summed E-state index contributed by atoms with van der Waals surface area (Å²) >= 11 is 1.91. The largest absolute Gasteiger partial charge is 0.466 e. The quantitative estimate of drug-likeness (QED) is 0.485. The fraction of sp³-hybridized carbons (Fsp3) is 0.625. The number of aliphatic hydroxyl groups is 1. The van der Waals surface area contributed by atoms with Gasteiger partial charge in [-0.1, -0.05) is 36.4 Å². The predicted octanol–water partition coefficient (Wildman–Crippen LogP) is 1.50. The molecule has 1 atom stereocenters. The van der Waals surface area contributed by atoms with E-state index in [0.29, 0.717) is 5.57 Å². The summed E-state index contributed by atoms with van der Waals surface area (Å²) in [7, 11) is 1.30. The molecule has 0 spiro atoms. The van der Waals surface area contributed by atoms with Crippen molar-refractivity contribution >= 4 is 28.6 Å². The van der Waals surface area contributed by atoms with E-state index in [1.54, 1.807) is 4.08 Å². The highest BCUT2D eigenvalue weighted by Gasteiger charge is 2.21. The summed E-state index contributed by atoms with van der Waals surface area (Å²) in [5.74, 6) is -0.448. The highest BCUT2D eigenvalue weighted by Crippen LogP contribution is 2.15. The fourth-order valence-electron chi connectivity index (χ4n) is 0.707. The maximum Gasteiger partial charge on any atom is 0.336 e. The van der Waals surface area contributed by atoms with E-state index in [0.717, 1.165) is 0 Å². The Morgan fingerprint density at radius 1 is 1.58 bits per heavy atom. The molecular formula is C8H13IO3. The van der Waals surface area contributed by atoms with Crippen LogP contribution in [0.1, 0.15) is 13.8 Å². The number of ether oxygens (including phenoxy) is 1. The summed E-state index contributed by atoms with van der Waals surface area (Å²) in [5, 5.41) is 9.51. The van der Waals surface area contributed by atoms with E-state index >= 15 is 0 Å². The van der Waals surface area contributed by atoms with Gasteiger partial charge in [0, 0.05) is 0 Å². The molecule has 0 heterocycles. The molecule has 4 heteroatoms. The highest BCUT2D eigenvalue weighted by atomic mass is 127. The van der Waals surface area contributed by atoms with E-state index < -0.39 is 12.1 Å². The third-order valence-electron chi connectivity index (χ3n) is 1.49. The molecule has 70 valence electrons. The highest BCUT2D eigenvalue weighted by molar-refractivity contribution is 14.1. The molecule has 0 aromatic heterocycles. The minimum absolute atomic E-state index is 0.0186. The van der Waals surface area contributed by atoms with Crippen LogP contribution >= 0.6 is 22.6 Å². The minimum Gasteiger partial charge on any atom is -0.466 e. The molecule has 0 bridgehead atoms. The molecule has 0 aliphatic heterocycles. The third kappa shape index (κ3) is 3.10. The Morgan fingerprint density at radius 2 is 2.08 bits per heavy atom. The van der Waals surface area contributed by atoms with Crippen molar-refractivity contribution < 1.29 is 14.6 Å². The molecule has 3 nitrogen and oxygen atoms in total. The summed E-state index contributed by atoms with van der Waals surface area (Å²) < 4.78 is 6.05. The smallest absolute Gasteiger partial charge is 0.336 e. The number of hydrogen-bond donors (Lipinski definition) is 1. The second-order valence-corrected chi connectivity index (χ2v) is 3.37. The van der Waals surface area contributed by atoms with Gasteiger partial charge in [0.25, 0.3) is 0 Å². The van der Waals surface area contributed by atoms with Crippen LogP contribution < -0.4 is 0 Å². The average Bonchev–Trinajstić information content (AvgIpc) is 2.05. The van der Waals surface area contributed by atoms with Crippen LogP contribution in [0.2, 0.25) is 0 Å². The Labute approximate surface area is 85.9 Å². The van der Waals surface area contributed by atoms with Crippen molar-refractivity contribution in [2.75, 3.05) is 7.11 Å². The lowest BCUT2D eigenvalue weighted by molar-refractivity contribution is -0.137. The number of aliphatic hydroxyl groups excluding tert-OH is 1. The molecule has 12 heavy (non-hydrogen) atoms. The van der Waals surface area contributed by atoms with E-state index in [9.17, 15) is 9.90 Å². The number of esters is 1. The standard InChI is InChI=1S/C8H13IO3/c1-5(2)7(10)6(4-9)8(11)12-3/h4-5,7,10H,1-3H3. The zero-order chi connectivity index (χ0) is 9.72. The van der Waals surface area contributed by atoms with E-state index in [2.05, 4.69) is 4.74 Å². The molecular weight excluding hydrogens is 271 g/mol. The van der Waals surface area contributed by atoms with Crippen LogP contribution in [0.5, 0.6) is 0 Å². The lowest BCUT2D eigenvalue weighted by Crippen LogP contribution is -2.23. The van der Waals surface area contributed by atoms with Crippen LogP contribution in [0, 0.1) is 5.92 Å². The number of hydrogen-bond acceptors (Lipinski definition) is 3. The van der Waals surface area contributed by atoms with Gasteiger partial charge in [-0.15, -0.1) is 0 Å². The molecule has 0 aliphatic carbocycles. The summed E-state index contributed by atoms with van der Waals surface area (Å²) in [5.41, 5.74) is 0.313. The summed E-state index contributed by atoms with van der Waals surface area (Å²) in [6.45, 7) is 3.68. The Kier molecular flexibility index (Phi) is 5.48. The van der Waals surface area contributed by atoms with Gasteiger partial charge in [-0.3, -0.25) is 0 Å². The van der Waals surface area contributed by atoms with Crippen LogP contribution in [0.15, 0.2) is 9.66 Å². The van der Waals surface area contributed by atoms with Crippen LogP contribution in [0.25, 0.3) is 0 Å². The SMILES string of the molecule is COC(=O)C(=CI)C(O)C(C)C. The maximum absolute atomic E-state index is 11.0. The molecule has 1 N–H and O–H groups in total. The van der Waals surface area contributed by atoms with Crippen molar-refractivity contribution in [3.05, 3.63) is 9.66 Å². The Bertz CT molecular complexity index is 187. The molecule has 0 fully saturated rings. The van der Waals surface area contributed by atoms with Crippen LogP contribution in [-0.4, -0.2) is 24.3 Å². The van der Waals surface area contributed by atoms with E-state index in [1.165, 1.54) is 7.11 Å². The van der Waals surface area contributed by atoms with Crippen molar-refractivity contribution in [1.29, 1.82) is 0 Å². The van der Waals surface area contributed by atoms with Crippen molar-refractivity contribution in [3.8, 4) is 0 Å². The summed E-state index contributed by atoms with van der Waals surface area (Å²) in [6.07, 6.45) is -0.741. The first-order valence-electron chi connectivity index (χ1n) is 3.61. The van der Waals surface area contributed by atoms with E-state index in [4.69, 9.17) is 0 Å². The van der Waals surface area contributed by atoms with Gasteiger partial charge >= 0.3 is 5.97 Å². The molecule has 0 rings (SSSR count). The van der Waals surface area contributed by atoms with E-state index in [-0.39, 0.29) is 5.92 Å². The Hall–Kier alpha value is -0.100. The van der Waals surface area contributed by atoms with Gasteiger partial charge in [-0.25, -0.2) is 4.79 Å². The third-order valence-corrected chi connectivity index (χ3v) is 2.16. The first kappa shape index (κ1) is 11.9. The monoisotopic (exact) mass is 284 g/mol. The predicted molar refractivity (Wildman–Crippen MR) is 55.0 cm³/mol. The number of carbonyl (C=O) groups excluding carboxylic acids is 1. The zero-order valence-electron chi connectivity index (χ0n) is 7.37. The first-order valence-corrected chi connectivity index (χ1v) is 4.85. The fourth-order valence-corrected chi connectivity index (χ4v) is 1.33. The van der Waals surface area contributed by atoms with E-state index in [1.807, 2.05) is 36.4 Å². The molecule has 1 unspecified atom stereocenters. The van der Waals surface area contributed by atoms with Crippen molar-refractivity contribution in [1.82, 2.24) is 0 Å². The van der Waals surface area contributed by atoms with Crippen LogP contribution in [0.3, 0.4) is 0 Å². The molecule has 0 aromatic carbocycles. The molecule has 0 radical (unpaired) electrons. The van der Waals surface area contributed by atoms with Gasteiger partial charge in [0.2, 0.25) is 0 Å². The van der Waals surface area contributed by atoms with Gasteiger partial charge in [0.15, 0.2) is 0 Å². The lowest BCUT2D eigenvalue weighted by Gasteiger charge is -2.15. The molecule has 0 amide bonds.